The lowest BCUT2D eigenvalue weighted by Gasteiger charge is -2.38. The van der Waals surface area contributed by atoms with Crippen LogP contribution in [0.4, 0.5) is 0 Å². The van der Waals surface area contributed by atoms with Crippen LogP contribution in [0.1, 0.15) is 115 Å². The number of nitrogens with zero attached hydrogens (tertiary/aromatic N) is 3. The monoisotopic (exact) mass is 593 g/mol. The zero-order chi connectivity index (χ0) is 30.7. The molecule has 1 aromatic rings. The number of unbranched alkanes of at least 4 members (excludes halogenated alkanes) is 1. The molecule has 0 N–H and O–H groups in total. The summed E-state index contributed by atoms with van der Waals surface area (Å²) in [5.74, 6) is -1.26. The van der Waals surface area contributed by atoms with Gasteiger partial charge in [-0.05, 0) is 44.2 Å². The molecule has 0 bridgehead atoms. The van der Waals surface area contributed by atoms with Crippen molar-refractivity contribution in [3.05, 3.63) is 16.1 Å². The molecule has 0 aliphatic carbocycles. The minimum atomic E-state index is -0.725. The Morgan fingerprint density at radius 2 is 1.88 bits per heavy atom. The van der Waals surface area contributed by atoms with E-state index in [-0.39, 0.29) is 47.7 Å². The van der Waals surface area contributed by atoms with Crippen LogP contribution in [0.3, 0.4) is 0 Å². The fourth-order valence-electron chi connectivity index (χ4n) is 5.71. The topological polar surface area (TPSA) is 106 Å². The Labute approximate surface area is 250 Å². The zero-order valence-corrected chi connectivity index (χ0v) is 27.1. The molecule has 10 heteroatoms. The number of amides is 1. The molecule has 2 rings (SSSR count). The number of ether oxygens (including phenoxy) is 2. The number of ketones is 1. The van der Waals surface area contributed by atoms with Gasteiger partial charge in [-0.15, -0.1) is 11.3 Å². The number of methoxy groups -OCH3 is 1. The smallest absolute Gasteiger partial charge is 0.357 e. The maximum atomic E-state index is 14.1. The van der Waals surface area contributed by atoms with E-state index in [4.69, 9.17) is 9.47 Å². The summed E-state index contributed by atoms with van der Waals surface area (Å²) in [4.78, 5) is 60.2. The van der Waals surface area contributed by atoms with Gasteiger partial charge in [0.1, 0.15) is 5.01 Å². The van der Waals surface area contributed by atoms with E-state index in [1.807, 2.05) is 13.8 Å². The Kier molecular flexibility index (Phi) is 14.4. The van der Waals surface area contributed by atoms with Crippen LogP contribution in [0.2, 0.25) is 0 Å². The predicted octanol–water partition coefficient (Wildman–Crippen LogP) is 5.68. The van der Waals surface area contributed by atoms with E-state index in [0.717, 1.165) is 51.6 Å². The fourth-order valence-corrected chi connectivity index (χ4v) is 6.54. The van der Waals surface area contributed by atoms with Crippen LogP contribution in [0.25, 0.3) is 0 Å². The van der Waals surface area contributed by atoms with Crippen molar-refractivity contribution >= 4 is 35.0 Å². The number of rotatable bonds is 16. The first-order valence-corrected chi connectivity index (χ1v) is 16.1. The third-order valence-corrected chi connectivity index (χ3v) is 9.36. The van der Waals surface area contributed by atoms with Gasteiger partial charge < -0.3 is 14.4 Å². The molecular formula is C31H51N3O6S. The van der Waals surface area contributed by atoms with Crippen molar-refractivity contribution in [3.63, 3.8) is 0 Å². The summed E-state index contributed by atoms with van der Waals surface area (Å²) in [6, 6.07) is -0.391. The maximum Gasteiger partial charge on any atom is 0.357 e. The summed E-state index contributed by atoms with van der Waals surface area (Å²) < 4.78 is 10.4. The third-order valence-electron chi connectivity index (χ3n) is 8.42. The van der Waals surface area contributed by atoms with E-state index in [1.165, 1.54) is 25.4 Å². The molecule has 0 radical (unpaired) electrons. The highest BCUT2D eigenvalue weighted by Crippen LogP contribution is 2.33. The van der Waals surface area contributed by atoms with Crippen molar-refractivity contribution in [2.75, 3.05) is 27.2 Å². The Balaban J connectivity index is 2.28. The molecule has 1 aliphatic rings. The van der Waals surface area contributed by atoms with Crippen molar-refractivity contribution in [2.45, 2.75) is 111 Å². The second kappa shape index (κ2) is 16.9. The molecule has 0 saturated carbocycles. The van der Waals surface area contributed by atoms with Crippen LogP contribution in [-0.2, 0) is 23.9 Å². The zero-order valence-electron chi connectivity index (χ0n) is 26.3. The molecule has 1 aromatic heterocycles. The fraction of sp³-hybridized carbons (Fsp3) is 0.774. The summed E-state index contributed by atoms with van der Waals surface area (Å²) in [5.41, 5.74) is 0.154. The van der Waals surface area contributed by atoms with Gasteiger partial charge in [0, 0.05) is 44.2 Å². The first-order chi connectivity index (χ1) is 19.4. The molecule has 1 saturated heterocycles. The number of carbonyl (C=O) groups is 4. The maximum absolute atomic E-state index is 14.1. The molecule has 2 heterocycles. The summed E-state index contributed by atoms with van der Waals surface area (Å²) in [6.45, 7) is 13.5. The largest absolute Gasteiger partial charge is 0.464 e. The molecule has 5 atom stereocenters. The van der Waals surface area contributed by atoms with Crippen LogP contribution in [0.15, 0.2) is 5.38 Å². The quantitative estimate of drug-likeness (QED) is 0.225. The van der Waals surface area contributed by atoms with Gasteiger partial charge in [0.05, 0.1) is 13.2 Å². The number of hydrogen-bond acceptors (Lipinski definition) is 9. The summed E-state index contributed by atoms with van der Waals surface area (Å²) in [7, 11) is 3.07. The van der Waals surface area contributed by atoms with Gasteiger partial charge in [-0.3, -0.25) is 19.3 Å². The van der Waals surface area contributed by atoms with E-state index < -0.39 is 24.0 Å². The van der Waals surface area contributed by atoms with Crippen LogP contribution in [-0.4, -0.2) is 77.7 Å². The van der Waals surface area contributed by atoms with Crippen LogP contribution in [0.5, 0.6) is 0 Å². The Morgan fingerprint density at radius 3 is 2.46 bits per heavy atom. The molecule has 41 heavy (non-hydrogen) atoms. The molecule has 232 valence electrons. The average Bonchev–Trinajstić information content (AvgIpc) is 3.45. The van der Waals surface area contributed by atoms with Crippen LogP contribution < -0.4 is 0 Å². The standard InChI is InChI=1S/C31H51N3O6S/c1-9-11-15-34-16-13-12-14-25(34)27(36)17-23(21(5)10-2)30(37)33(7)26(20(3)4)18-28(40-22(6)35)29-32-24(19-41-29)31(38)39-8/h19-21,23,25-26,28H,9-18H2,1-8H3/t21-,23-,25+,26+,28+/m0/s1. The molecule has 1 fully saturated rings. The molecule has 0 spiro atoms. The van der Waals surface area contributed by atoms with Gasteiger partial charge in [-0.2, -0.15) is 0 Å². The van der Waals surface area contributed by atoms with E-state index in [2.05, 4.69) is 30.7 Å². The second-order valence-corrected chi connectivity index (χ2v) is 12.6. The molecule has 9 nitrogen and oxygen atoms in total. The molecule has 0 aromatic carbocycles. The highest BCUT2D eigenvalue weighted by Gasteiger charge is 2.38. The van der Waals surface area contributed by atoms with E-state index in [9.17, 15) is 19.2 Å². The normalized spacial score (nSPS) is 18.8. The average molecular weight is 594 g/mol. The van der Waals surface area contributed by atoms with Gasteiger partial charge in [-0.25, -0.2) is 9.78 Å². The Morgan fingerprint density at radius 1 is 1.17 bits per heavy atom. The molecular weight excluding hydrogens is 542 g/mol. The first kappa shape index (κ1) is 34.9. The summed E-state index contributed by atoms with van der Waals surface area (Å²) >= 11 is 1.22. The lowest BCUT2D eigenvalue weighted by atomic mass is 9.82. The number of aromatic nitrogens is 1. The van der Waals surface area contributed by atoms with Crippen molar-refractivity contribution in [3.8, 4) is 0 Å². The number of likely N-dealkylation sites (tertiary alicyclic amines) is 1. The summed E-state index contributed by atoms with van der Waals surface area (Å²) in [5, 5.41) is 2.06. The molecule has 1 aliphatic heterocycles. The van der Waals surface area contributed by atoms with E-state index in [0.29, 0.717) is 11.4 Å². The van der Waals surface area contributed by atoms with Gasteiger partial charge in [0.2, 0.25) is 5.91 Å². The van der Waals surface area contributed by atoms with Crippen molar-refractivity contribution in [1.82, 2.24) is 14.8 Å². The number of piperidine rings is 1. The number of esters is 2. The lowest BCUT2D eigenvalue weighted by Crippen LogP contribution is -2.49. The van der Waals surface area contributed by atoms with Crippen molar-refractivity contribution < 1.29 is 28.7 Å². The lowest BCUT2D eigenvalue weighted by molar-refractivity contribution is -0.149. The molecule has 0 unspecified atom stereocenters. The number of carbonyl (C=O) groups excluding carboxylic acids is 4. The highest BCUT2D eigenvalue weighted by molar-refractivity contribution is 7.09. The van der Waals surface area contributed by atoms with Gasteiger partial charge in [0.25, 0.3) is 0 Å². The van der Waals surface area contributed by atoms with Gasteiger partial charge in [0.15, 0.2) is 17.6 Å². The minimum Gasteiger partial charge on any atom is -0.464 e. The first-order valence-electron chi connectivity index (χ1n) is 15.2. The number of Topliss-reactive ketones (excluding diaryl/α,β-unsaturated/α-hetero) is 1. The van der Waals surface area contributed by atoms with Gasteiger partial charge in [-0.1, -0.05) is 53.9 Å². The van der Waals surface area contributed by atoms with Crippen LogP contribution >= 0.6 is 11.3 Å². The summed E-state index contributed by atoms with van der Waals surface area (Å²) in [6.07, 6.45) is 5.80. The predicted molar refractivity (Wildman–Crippen MR) is 161 cm³/mol. The number of hydrogen-bond donors (Lipinski definition) is 0. The van der Waals surface area contributed by atoms with E-state index in [1.54, 1.807) is 17.3 Å². The Hall–Kier alpha value is -2.33. The molecule has 1 amide bonds. The highest BCUT2D eigenvalue weighted by atomic mass is 32.1. The third kappa shape index (κ3) is 9.87. The van der Waals surface area contributed by atoms with Crippen LogP contribution in [0, 0.1) is 17.8 Å². The number of thiazole rings is 1. The minimum absolute atomic E-state index is 0.0400. The second-order valence-electron chi connectivity index (χ2n) is 11.7. The van der Waals surface area contributed by atoms with E-state index >= 15 is 0 Å². The van der Waals surface area contributed by atoms with Gasteiger partial charge >= 0.3 is 11.9 Å². The van der Waals surface area contributed by atoms with Crippen molar-refractivity contribution in [2.24, 2.45) is 17.8 Å². The Bertz CT molecular complexity index is 1010. The van der Waals surface area contributed by atoms with Crippen molar-refractivity contribution in [1.29, 1.82) is 0 Å². The SMILES string of the molecule is CCCCN1CCCC[C@@H]1C(=O)C[C@H](C(=O)N(C)[C@H](C[C@@H](OC(C)=O)c1nc(C(=O)OC)cs1)C(C)C)[C@@H](C)CC.